The number of nitrogens with zero attached hydrogens (tertiary/aromatic N) is 4. The van der Waals surface area contributed by atoms with Crippen molar-refractivity contribution in [2.75, 3.05) is 5.32 Å². The molecule has 0 aliphatic heterocycles. The number of thioether (sulfide) groups is 1. The number of pyridine rings is 1. The molecule has 7 nitrogen and oxygen atoms in total. The number of nitrogens with one attached hydrogen (secondary N) is 1. The summed E-state index contributed by atoms with van der Waals surface area (Å²) in [6, 6.07) is 20.9. The summed E-state index contributed by atoms with van der Waals surface area (Å²) in [7, 11) is 0. The van der Waals surface area contributed by atoms with Gasteiger partial charge in [0.25, 0.3) is 5.91 Å². The average Bonchev–Trinajstić information content (AvgIpc) is 3.51. The molecule has 5 rings (SSSR count). The van der Waals surface area contributed by atoms with Gasteiger partial charge in [0.05, 0.1) is 11.3 Å². The second-order valence-electron chi connectivity index (χ2n) is 9.19. The highest BCUT2D eigenvalue weighted by Crippen LogP contribution is 2.28. The Morgan fingerprint density at radius 1 is 1.00 bits per heavy atom. The summed E-state index contributed by atoms with van der Waals surface area (Å²) in [6.45, 7) is 6.07. The Labute approximate surface area is 207 Å². The van der Waals surface area contributed by atoms with E-state index in [0.29, 0.717) is 28.7 Å². The number of aromatic nitrogens is 4. The van der Waals surface area contributed by atoms with Gasteiger partial charge in [-0.3, -0.25) is 4.79 Å². The van der Waals surface area contributed by atoms with Gasteiger partial charge in [-0.15, -0.1) is 11.8 Å². The van der Waals surface area contributed by atoms with E-state index in [1.54, 1.807) is 11.8 Å². The largest absolute Gasteiger partial charge is 0.338 e. The summed E-state index contributed by atoms with van der Waals surface area (Å²) in [5.74, 6) is 1.62. The topological polar surface area (TPSA) is 85.3 Å². The van der Waals surface area contributed by atoms with Crippen molar-refractivity contribution in [3.05, 3.63) is 96.3 Å². The van der Waals surface area contributed by atoms with Crippen molar-refractivity contribution in [3.63, 3.8) is 0 Å². The molecular formula is C27H25N5O2S. The summed E-state index contributed by atoms with van der Waals surface area (Å²) < 4.78 is 7.38. The van der Waals surface area contributed by atoms with Gasteiger partial charge < -0.3 is 14.2 Å². The second kappa shape index (κ2) is 9.38. The standard InChI is InChI=1S/C27H25N5O2S/c1-27(2,3)26-30-24(31-34-26)18-11-13-19(14-12-18)29-25(33)21-8-4-5-9-22(21)35-17-20-16-32-15-7-6-10-23(32)28-20/h4-16H,17H2,1-3H3,(H,29,33). The number of fused-ring (bicyclic) bond motifs is 1. The van der Waals surface area contributed by atoms with Crippen molar-refractivity contribution in [1.29, 1.82) is 0 Å². The molecule has 0 saturated heterocycles. The fraction of sp³-hybridized carbons (Fsp3) is 0.185. The summed E-state index contributed by atoms with van der Waals surface area (Å²) in [5, 5.41) is 7.07. The van der Waals surface area contributed by atoms with Gasteiger partial charge in [-0.25, -0.2) is 4.98 Å². The number of anilines is 1. The van der Waals surface area contributed by atoms with Crippen molar-refractivity contribution in [2.45, 2.75) is 36.8 Å². The summed E-state index contributed by atoms with van der Waals surface area (Å²) >= 11 is 1.59. The van der Waals surface area contributed by atoms with Crippen LogP contribution in [0.5, 0.6) is 0 Å². The van der Waals surface area contributed by atoms with Crippen LogP contribution >= 0.6 is 11.8 Å². The Kier molecular flexibility index (Phi) is 6.13. The van der Waals surface area contributed by atoms with Crippen molar-refractivity contribution in [3.8, 4) is 11.4 Å². The maximum absolute atomic E-state index is 13.1. The molecule has 0 spiro atoms. The van der Waals surface area contributed by atoms with Crippen LogP contribution in [0.2, 0.25) is 0 Å². The third-order valence-corrected chi connectivity index (χ3v) is 6.50. The first-order valence-corrected chi connectivity index (χ1v) is 12.3. The van der Waals surface area contributed by atoms with Crippen molar-refractivity contribution in [1.82, 2.24) is 19.5 Å². The van der Waals surface area contributed by atoms with E-state index in [-0.39, 0.29) is 11.3 Å². The number of hydrogen-bond acceptors (Lipinski definition) is 6. The van der Waals surface area contributed by atoms with E-state index in [9.17, 15) is 4.79 Å². The Morgan fingerprint density at radius 2 is 1.77 bits per heavy atom. The van der Waals surface area contributed by atoms with Crippen molar-refractivity contribution >= 4 is 29.0 Å². The maximum Gasteiger partial charge on any atom is 0.256 e. The lowest BCUT2D eigenvalue weighted by Crippen LogP contribution is -2.13. The minimum absolute atomic E-state index is 0.162. The fourth-order valence-electron chi connectivity index (χ4n) is 3.53. The molecule has 35 heavy (non-hydrogen) atoms. The van der Waals surface area contributed by atoms with Gasteiger partial charge in [-0.1, -0.05) is 44.1 Å². The molecule has 5 aromatic rings. The number of hydrogen-bond donors (Lipinski definition) is 1. The van der Waals surface area contributed by atoms with E-state index < -0.39 is 0 Å². The zero-order valence-corrected chi connectivity index (χ0v) is 20.5. The molecule has 0 bridgehead atoms. The summed E-state index contributed by atoms with van der Waals surface area (Å²) in [6.07, 6.45) is 3.99. The van der Waals surface area contributed by atoms with E-state index in [4.69, 9.17) is 4.52 Å². The molecule has 0 aliphatic rings. The van der Waals surface area contributed by atoms with Gasteiger partial charge in [0, 0.05) is 39.7 Å². The highest BCUT2D eigenvalue weighted by Gasteiger charge is 2.22. The molecule has 0 atom stereocenters. The highest BCUT2D eigenvalue weighted by molar-refractivity contribution is 7.98. The monoisotopic (exact) mass is 483 g/mol. The molecular weight excluding hydrogens is 458 g/mol. The predicted molar refractivity (Wildman–Crippen MR) is 138 cm³/mol. The minimum Gasteiger partial charge on any atom is -0.338 e. The van der Waals surface area contributed by atoms with Crippen LogP contribution in [0.25, 0.3) is 17.0 Å². The predicted octanol–water partition coefficient (Wildman–Crippen LogP) is 6.23. The average molecular weight is 484 g/mol. The maximum atomic E-state index is 13.1. The number of carbonyl (C=O) groups is 1. The molecule has 1 N–H and O–H groups in total. The van der Waals surface area contributed by atoms with Crippen molar-refractivity contribution < 1.29 is 9.32 Å². The second-order valence-corrected chi connectivity index (χ2v) is 10.2. The van der Waals surface area contributed by atoms with E-state index in [2.05, 4.69) is 20.4 Å². The van der Waals surface area contributed by atoms with Crippen LogP contribution in [0.15, 0.2) is 88.5 Å². The molecule has 8 heteroatoms. The molecule has 1 amide bonds. The van der Waals surface area contributed by atoms with Crippen molar-refractivity contribution in [2.24, 2.45) is 0 Å². The van der Waals surface area contributed by atoms with E-state index >= 15 is 0 Å². The Balaban J connectivity index is 1.27. The molecule has 0 fully saturated rings. The van der Waals surface area contributed by atoms with Crippen LogP contribution in [0.4, 0.5) is 5.69 Å². The normalized spacial score (nSPS) is 11.6. The third kappa shape index (κ3) is 5.12. The molecule has 0 saturated carbocycles. The zero-order chi connectivity index (χ0) is 24.4. The van der Waals surface area contributed by atoms with Crippen LogP contribution in [0.1, 0.15) is 42.7 Å². The Morgan fingerprint density at radius 3 is 2.51 bits per heavy atom. The molecule has 176 valence electrons. The molecule has 2 aromatic carbocycles. The van der Waals surface area contributed by atoms with Crippen LogP contribution in [-0.4, -0.2) is 25.4 Å². The first-order chi connectivity index (χ1) is 16.9. The van der Waals surface area contributed by atoms with Gasteiger partial charge in [0.15, 0.2) is 0 Å². The summed E-state index contributed by atoms with van der Waals surface area (Å²) in [4.78, 5) is 23.1. The molecule has 3 heterocycles. The van der Waals surface area contributed by atoms with Gasteiger partial charge in [0.2, 0.25) is 11.7 Å². The van der Waals surface area contributed by atoms with Crippen LogP contribution in [-0.2, 0) is 11.2 Å². The summed E-state index contributed by atoms with van der Waals surface area (Å²) in [5.41, 5.74) is 3.80. The van der Waals surface area contributed by atoms with E-state index in [0.717, 1.165) is 21.8 Å². The number of benzene rings is 2. The number of amides is 1. The Bertz CT molecular complexity index is 1450. The first kappa shape index (κ1) is 22.9. The highest BCUT2D eigenvalue weighted by atomic mass is 32.2. The quantitative estimate of drug-likeness (QED) is 0.288. The molecule has 0 unspecified atom stereocenters. The lowest BCUT2D eigenvalue weighted by Gasteiger charge is -2.10. The lowest BCUT2D eigenvalue weighted by molar-refractivity contribution is 0.102. The molecule has 0 radical (unpaired) electrons. The molecule has 3 aromatic heterocycles. The lowest BCUT2D eigenvalue weighted by atomic mass is 9.97. The van der Waals surface area contributed by atoms with Gasteiger partial charge in [0.1, 0.15) is 5.65 Å². The van der Waals surface area contributed by atoms with Crippen LogP contribution in [0, 0.1) is 0 Å². The number of carbonyl (C=O) groups excluding carboxylic acids is 1. The zero-order valence-electron chi connectivity index (χ0n) is 19.7. The first-order valence-electron chi connectivity index (χ1n) is 11.3. The fourth-order valence-corrected chi connectivity index (χ4v) is 4.47. The van der Waals surface area contributed by atoms with Gasteiger partial charge in [-0.2, -0.15) is 4.98 Å². The smallest absolute Gasteiger partial charge is 0.256 e. The number of imidazole rings is 1. The van der Waals surface area contributed by atoms with E-state index in [1.165, 1.54) is 0 Å². The third-order valence-electron chi connectivity index (χ3n) is 5.39. The van der Waals surface area contributed by atoms with Gasteiger partial charge >= 0.3 is 0 Å². The van der Waals surface area contributed by atoms with E-state index in [1.807, 2.05) is 104 Å². The van der Waals surface area contributed by atoms with Crippen LogP contribution in [0.3, 0.4) is 0 Å². The van der Waals surface area contributed by atoms with Crippen LogP contribution < -0.4 is 5.32 Å². The van der Waals surface area contributed by atoms with Gasteiger partial charge in [-0.05, 0) is 48.5 Å². The number of rotatable bonds is 6. The SMILES string of the molecule is CC(C)(C)c1nc(-c2ccc(NC(=O)c3ccccc3SCc3cn4ccccc4n3)cc2)no1. The molecule has 0 aliphatic carbocycles. The minimum atomic E-state index is -0.213. The Hall–Kier alpha value is -3.91.